The maximum atomic E-state index is 9.49. The van der Waals surface area contributed by atoms with Gasteiger partial charge in [0.15, 0.2) is 11.5 Å². The van der Waals surface area contributed by atoms with Crippen molar-refractivity contribution in [1.29, 1.82) is 0 Å². The number of aliphatic hydroxyl groups is 1. The molecule has 0 bridgehead atoms. The molecule has 1 aromatic rings. The van der Waals surface area contributed by atoms with Gasteiger partial charge in [0.2, 0.25) is 0 Å². The predicted octanol–water partition coefficient (Wildman–Crippen LogP) is 2.34. The smallest absolute Gasteiger partial charge is 0.161 e. The summed E-state index contributed by atoms with van der Waals surface area (Å²) in [5.74, 6) is 2.23. The fraction of sp³-hybridized carbons (Fsp3) is 0.625. The standard InChI is InChI=1S/C16H25NO3/c1-19-15-8-5-13(9-16(15)20-2)11-17-10-12-3-6-14(18)7-4-12/h5,8-9,12,14,17-18H,3-4,6-7,10-11H2,1-2H3. The fourth-order valence-electron chi connectivity index (χ4n) is 2.76. The van der Waals surface area contributed by atoms with E-state index < -0.39 is 0 Å². The average molecular weight is 279 g/mol. The number of benzene rings is 1. The highest BCUT2D eigenvalue weighted by molar-refractivity contribution is 5.42. The Hall–Kier alpha value is -1.26. The van der Waals surface area contributed by atoms with E-state index in [1.165, 1.54) is 5.56 Å². The molecule has 0 saturated heterocycles. The molecule has 0 spiro atoms. The Bertz CT molecular complexity index is 414. The van der Waals surface area contributed by atoms with E-state index in [0.29, 0.717) is 5.92 Å². The molecule has 1 aliphatic carbocycles. The fourth-order valence-corrected chi connectivity index (χ4v) is 2.76. The Labute approximate surface area is 121 Å². The first-order chi connectivity index (χ1) is 9.72. The molecule has 20 heavy (non-hydrogen) atoms. The van der Waals surface area contributed by atoms with E-state index in [-0.39, 0.29) is 6.10 Å². The summed E-state index contributed by atoms with van der Waals surface area (Å²) in [7, 11) is 3.30. The monoisotopic (exact) mass is 279 g/mol. The van der Waals surface area contributed by atoms with Crippen molar-refractivity contribution < 1.29 is 14.6 Å². The van der Waals surface area contributed by atoms with Crippen LogP contribution in [-0.4, -0.2) is 32.0 Å². The first kappa shape index (κ1) is 15.1. The van der Waals surface area contributed by atoms with Crippen molar-refractivity contribution in [2.24, 2.45) is 5.92 Å². The van der Waals surface area contributed by atoms with Crippen molar-refractivity contribution in [1.82, 2.24) is 5.32 Å². The first-order valence-electron chi connectivity index (χ1n) is 7.32. The normalized spacial score (nSPS) is 22.6. The van der Waals surface area contributed by atoms with Gasteiger partial charge in [-0.1, -0.05) is 6.07 Å². The van der Waals surface area contributed by atoms with E-state index in [0.717, 1.165) is 50.3 Å². The maximum Gasteiger partial charge on any atom is 0.161 e. The number of rotatable bonds is 6. The molecule has 0 aromatic heterocycles. The lowest BCUT2D eigenvalue weighted by Crippen LogP contribution is -2.27. The minimum absolute atomic E-state index is 0.0721. The third kappa shape index (κ3) is 4.12. The van der Waals surface area contributed by atoms with Gasteiger partial charge in [-0.3, -0.25) is 0 Å². The summed E-state index contributed by atoms with van der Waals surface area (Å²) in [5, 5.41) is 13.0. The second kappa shape index (κ2) is 7.50. The van der Waals surface area contributed by atoms with Crippen LogP contribution < -0.4 is 14.8 Å². The summed E-state index contributed by atoms with van der Waals surface area (Å²) in [6.07, 6.45) is 4.07. The van der Waals surface area contributed by atoms with Crippen LogP contribution in [0.2, 0.25) is 0 Å². The van der Waals surface area contributed by atoms with Gasteiger partial charge in [-0.15, -0.1) is 0 Å². The van der Waals surface area contributed by atoms with E-state index >= 15 is 0 Å². The number of nitrogens with one attached hydrogen (secondary N) is 1. The van der Waals surface area contributed by atoms with Crippen LogP contribution in [0.4, 0.5) is 0 Å². The molecule has 2 rings (SSSR count). The SMILES string of the molecule is COc1ccc(CNCC2CCC(O)CC2)cc1OC. The molecule has 0 heterocycles. The number of methoxy groups -OCH3 is 2. The lowest BCUT2D eigenvalue weighted by molar-refractivity contribution is 0.108. The van der Waals surface area contributed by atoms with E-state index in [4.69, 9.17) is 9.47 Å². The molecule has 1 aliphatic rings. The molecule has 0 radical (unpaired) electrons. The van der Waals surface area contributed by atoms with Crippen LogP contribution >= 0.6 is 0 Å². The van der Waals surface area contributed by atoms with Gasteiger partial charge in [-0.25, -0.2) is 0 Å². The zero-order valence-corrected chi connectivity index (χ0v) is 12.4. The summed E-state index contributed by atoms with van der Waals surface area (Å²) < 4.78 is 10.5. The third-order valence-corrected chi connectivity index (χ3v) is 4.03. The Kier molecular flexibility index (Phi) is 5.68. The van der Waals surface area contributed by atoms with Crippen molar-refractivity contribution in [3.63, 3.8) is 0 Å². The van der Waals surface area contributed by atoms with Crippen LogP contribution in [0.1, 0.15) is 31.2 Å². The van der Waals surface area contributed by atoms with Crippen LogP contribution in [0.15, 0.2) is 18.2 Å². The average Bonchev–Trinajstić information content (AvgIpc) is 2.49. The Balaban J connectivity index is 1.79. The second-order valence-electron chi connectivity index (χ2n) is 5.49. The number of ether oxygens (including phenoxy) is 2. The molecule has 0 amide bonds. The van der Waals surface area contributed by atoms with Crippen LogP contribution in [0.25, 0.3) is 0 Å². The van der Waals surface area contributed by atoms with E-state index in [1.807, 2.05) is 12.1 Å². The summed E-state index contributed by atoms with van der Waals surface area (Å²) in [4.78, 5) is 0. The largest absolute Gasteiger partial charge is 0.493 e. The Morgan fingerprint density at radius 3 is 2.45 bits per heavy atom. The third-order valence-electron chi connectivity index (χ3n) is 4.03. The van der Waals surface area contributed by atoms with Crippen molar-refractivity contribution in [3.8, 4) is 11.5 Å². The molecule has 0 aliphatic heterocycles. The first-order valence-corrected chi connectivity index (χ1v) is 7.32. The number of hydrogen-bond acceptors (Lipinski definition) is 4. The van der Waals surface area contributed by atoms with Crippen molar-refractivity contribution in [2.45, 2.75) is 38.3 Å². The van der Waals surface area contributed by atoms with Gasteiger partial charge in [0.05, 0.1) is 20.3 Å². The highest BCUT2D eigenvalue weighted by atomic mass is 16.5. The van der Waals surface area contributed by atoms with Crippen molar-refractivity contribution >= 4 is 0 Å². The van der Waals surface area contributed by atoms with Crippen molar-refractivity contribution in [2.75, 3.05) is 20.8 Å². The lowest BCUT2D eigenvalue weighted by atomic mass is 9.87. The van der Waals surface area contributed by atoms with Crippen LogP contribution in [-0.2, 0) is 6.54 Å². The van der Waals surface area contributed by atoms with Gasteiger partial charge < -0.3 is 19.9 Å². The van der Waals surface area contributed by atoms with Gasteiger partial charge in [-0.05, 0) is 55.8 Å². The van der Waals surface area contributed by atoms with Gasteiger partial charge >= 0.3 is 0 Å². The molecule has 1 aromatic carbocycles. The summed E-state index contributed by atoms with van der Waals surface area (Å²) in [6, 6.07) is 6.00. The topological polar surface area (TPSA) is 50.7 Å². The molecule has 1 saturated carbocycles. The van der Waals surface area contributed by atoms with Gasteiger partial charge in [0.1, 0.15) is 0 Å². The lowest BCUT2D eigenvalue weighted by Gasteiger charge is -2.25. The molecule has 1 fully saturated rings. The van der Waals surface area contributed by atoms with E-state index in [9.17, 15) is 5.11 Å². The summed E-state index contributed by atoms with van der Waals surface area (Å²) >= 11 is 0. The Morgan fingerprint density at radius 2 is 1.80 bits per heavy atom. The molecule has 4 nitrogen and oxygen atoms in total. The molecule has 4 heteroatoms. The molecule has 0 atom stereocenters. The second-order valence-corrected chi connectivity index (χ2v) is 5.49. The van der Waals surface area contributed by atoms with Crippen molar-refractivity contribution in [3.05, 3.63) is 23.8 Å². The van der Waals surface area contributed by atoms with E-state index in [1.54, 1.807) is 14.2 Å². The molecular weight excluding hydrogens is 254 g/mol. The predicted molar refractivity (Wildman–Crippen MR) is 79.2 cm³/mol. The molecule has 2 N–H and O–H groups in total. The van der Waals surface area contributed by atoms with Crippen LogP contribution in [0.5, 0.6) is 11.5 Å². The van der Waals surface area contributed by atoms with E-state index in [2.05, 4.69) is 11.4 Å². The maximum absolute atomic E-state index is 9.49. The quantitative estimate of drug-likeness (QED) is 0.839. The summed E-state index contributed by atoms with van der Waals surface area (Å²) in [6.45, 7) is 1.85. The number of hydrogen-bond donors (Lipinski definition) is 2. The minimum atomic E-state index is -0.0721. The number of aliphatic hydroxyl groups excluding tert-OH is 1. The minimum Gasteiger partial charge on any atom is -0.493 e. The van der Waals surface area contributed by atoms with Gasteiger partial charge in [-0.2, -0.15) is 0 Å². The highest BCUT2D eigenvalue weighted by Gasteiger charge is 2.18. The molecule has 0 unspecified atom stereocenters. The van der Waals surface area contributed by atoms with Gasteiger partial charge in [0, 0.05) is 6.54 Å². The zero-order valence-electron chi connectivity index (χ0n) is 12.4. The molecular formula is C16H25NO3. The zero-order chi connectivity index (χ0) is 14.4. The van der Waals surface area contributed by atoms with Crippen LogP contribution in [0.3, 0.4) is 0 Å². The van der Waals surface area contributed by atoms with Crippen LogP contribution in [0, 0.1) is 5.92 Å². The molecule has 112 valence electrons. The van der Waals surface area contributed by atoms with Gasteiger partial charge in [0.25, 0.3) is 0 Å². The Morgan fingerprint density at radius 1 is 1.10 bits per heavy atom. The summed E-state index contributed by atoms with van der Waals surface area (Å²) in [5.41, 5.74) is 1.19. The highest BCUT2D eigenvalue weighted by Crippen LogP contribution is 2.27.